The van der Waals surface area contributed by atoms with Crippen LogP contribution < -0.4 is 0 Å². The smallest absolute Gasteiger partial charge is 0.306 e. The molecular formula is C27H29F2NO3. The minimum atomic E-state index is -0.728. The Bertz CT molecular complexity index is 1190. The molecule has 1 N–H and O–H groups in total. The number of carboxylic acid groups (broad SMARTS) is 1. The van der Waals surface area contributed by atoms with E-state index in [0.29, 0.717) is 37.1 Å². The molecule has 3 aromatic rings. The fraction of sp³-hybridized carbons (Fsp3) is 0.444. The number of benzene rings is 2. The topological polar surface area (TPSA) is 51.5 Å². The Morgan fingerprint density at radius 3 is 2.36 bits per heavy atom. The molecule has 33 heavy (non-hydrogen) atoms. The van der Waals surface area contributed by atoms with Crippen LogP contribution in [0.1, 0.15) is 67.2 Å². The number of aryl methyl sites for hydroxylation is 1. The number of hydrogen-bond acceptors (Lipinski definition) is 2. The zero-order chi connectivity index (χ0) is 23.1. The second kappa shape index (κ2) is 8.90. The summed E-state index contributed by atoms with van der Waals surface area (Å²) >= 11 is 0. The highest BCUT2D eigenvalue weighted by molar-refractivity contribution is 5.89. The summed E-state index contributed by atoms with van der Waals surface area (Å²) in [6.45, 7) is 3.04. The number of nitrogens with zero attached hydrogens (tertiary/aromatic N) is 1. The SMILES string of the molecule is Cc1cc(-n2c(C3CCOCC3)c(C3CCC(C(=O)O)CC3)c3cccc(F)c32)ccc1F. The van der Waals surface area contributed by atoms with Gasteiger partial charge in [0.25, 0.3) is 0 Å². The van der Waals surface area contributed by atoms with Crippen molar-refractivity contribution in [1.29, 1.82) is 0 Å². The van der Waals surface area contributed by atoms with Crippen molar-refractivity contribution in [3.05, 3.63) is 64.9 Å². The van der Waals surface area contributed by atoms with Crippen LogP contribution in [-0.2, 0) is 9.53 Å². The summed E-state index contributed by atoms with van der Waals surface area (Å²) in [6.07, 6.45) is 4.48. The van der Waals surface area contributed by atoms with Crippen molar-refractivity contribution < 1.29 is 23.4 Å². The fourth-order valence-electron chi connectivity index (χ4n) is 5.81. The number of aliphatic carboxylic acids is 1. The van der Waals surface area contributed by atoms with Crippen molar-refractivity contribution in [2.24, 2.45) is 5.92 Å². The van der Waals surface area contributed by atoms with E-state index in [4.69, 9.17) is 4.74 Å². The molecule has 0 amide bonds. The molecule has 2 fully saturated rings. The minimum absolute atomic E-state index is 0.172. The normalized spacial score (nSPS) is 22.0. The molecule has 174 valence electrons. The zero-order valence-electron chi connectivity index (χ0n) is 18.8. The molecule has 0 radical (unpaired) electrons. The lowest BCUT2D eigenvalue weighted by Crippen LogP contribution is -2.23. The summed E-state index contributed by atoms with van der Waals surface area (Å²) in [7, 11) is 0. The molecule has 2 heterocycles. The predicted molar refractivity (Wildman–Crippen MR) is 123 cm³/mol. The zero-order valence-corrected chi connectivity index (χ0v) is 18.8. The van der Waals surface area contributed by atoms with Gasteiger partial charge in [0.15, 0.2) is 0 Å². The molecule has 0 spiro atoms. The number of fused-ring (bicyclic) bond motifs is 1. The Morgan fingerprint density at radius 2 is 1.70 bits per heavy atom. The molecule has 2 aromatic carbocycles. The van der Waals surface area contributed by atoms with Gasteiger partial charge in [-0.05, 0) is 86.8 Å². The minimum Gasteiger partial charge on any atom is -0.481 e. The van der Waals surface area contributed by atoms with Crippen molar-refractivity contribution >= 4 is 16.9 Å². The molecule has 0 atom stereocenters. The van der Waals surface area contributed by atoms with Crippen LogP contribution in [0.2, 0.25) is 0 Å². The van der Waals surface area contributed by atoms with Crippen LogP contribution in [0.15, 0.2) is 36.4 Å². The number of halogens is 2. The third kappa shape index (κ3) is 3.95. The highest BCUT2D eigenvalue weighted by Crippen LogP contribution is 2.47. The van der Waals surface area contributed by atoms with E-state index >= 15 is 4.39 Å². The van der Waals surface area contributed by atoms with E-state index < -0.39 is 5.97 Å². The van der Waals surface area contributed by atoms with Gasteiger partial charge in [-0.2, -0.15) is 0 Å². The van der Waals surface area contributed by atoms with Crippen LogP contribution in [0.5, 0.6) is 0 Å². The quantitative estimate of drug-likeness (QED) is 0.493. The summed E-state index contributed by atoms with van der Waals surface area (Å²) in [4.78, 5) is 11.5. The van der Waals surface area contributed by atoms with E-state index in [2.05, 4.69) is 0 Å². The van der Waals surface area contributed by atoms with Crippen LogP contribution in [0.3, 0.4) is 0 Å². The van der Waals surface area contributed by atoms with Gasteiger partial charge >= 0.3 is 5.97 Å². The molecule has 1 saturated heterocycles. The molecule has 1 aromatic heterocycles. The Kier molecular flexibility index (Phi) is 5.95. The van der Waals surface area contributed by atoms with Crippen LogP contribution in [-0.4, -0.2) is 28.9 Å². The van der Waals surface area contributed by atoms with E-state index in [1.54, 1.807) is 25.1 Å². The van der Waals surface area contributed by atoms with Crippen LogP contribution in [0.4, 0.5) is 8.78 Å². The third-order valence-electron chi connectivity index (χ3n) is 7.51. The number of carboxylic acids is 1. The molecule has 0 bridgehead atoms. The average molecular weight is 454 g/mol. The van der Waals surface area contributed by atoms with E-state index in [1.807, 2.05) is 10.6 Å². The lowest BCUT2D eigenvalue weighted by molar-refractivity contribution is -0.142. The van der Waals surface area contributed by atoms with Gasteiger partial charge in [-0.1, -0.05) is 12.1 Å². The van der Waals surface area contributed by atoms with E-state index in [0.717, 1.165) is 48.0 Å². The van der Waals surface area contributed by atoms with Crippen molar-refractivity contribution in [3.63, 3.8) is 0 Å². The lowest BCUT2D eigenvalue weighted by atomic mass is 9.76. The van der Waals surface area contributed by atoms with Gasteiger partial charge in [-0.15, -0.1) is 0 Å². The van der Waals surface area contributed by atoms with Gasteiger partial charge in [0.1, 0.15) is 11.6 Å². The second-order valence-corrected chi connectivity index (χ2v) is 9.48. The van der Waals surface area contributed by atoms with E-state index in [1.165, 1.54) is 12.1 Å². The predicted octanol–water partition coefficient (Wildman–Crippen LogP) is 6.47. The molecular weight excluding hydrogens is 424 g/mol. The average Bonchev–Trinajstić information content (AvgIpc) is 3.18. The third-order valence-corrected chi connectivity index (χ3v) is 7.51. The maximum absolute atomic E-state index is 15.4. The van der Waals surface area contributed by atoms with Gasteiger partial charge in [0, 0.05) is 35.9 Å². The van der Waals surface area contributed by atoms with Gasteiger partial charge in [-0.25, -0.2) is 8.78 Å². The molecule has 2 aliphatic rings. The van der Waals surface area contributed by atoms with Gasteiger partial charge in [-0.3, -0.25) is 4.79 Å². The number of rotatable bonds is 4. The highest BCUT2D eigenvalue weighted by Gasteiger charge is 2.34. The first-order valence-electron chi connectivity index (χ1n) is 11.9. The van der Waals surface area contributed by atoms with Crippen LogP contribution in [0, 0.1) is 24.5 Å². The summed E-state index contributed by atoms with van der Waals surface area (Å²) < 4.78 is 37.2. The van der Waals surface area contributed by atoms with Crippen molar-refractivity contribution in [2.75, 3.05) is 13.2 Å². The number of carbonyl (C=O) groups is 1. The van der Waals surface area contributed by atoms with Gasteiger partial charge in [0.05, 0.1) is 11.4 Å². The Morgan fingerprint density at radius 1 is 0.970 bits per heavy atom. The first-order chi connectivity index (χ1) is 16.0. The summed E-state index contributed by atoms with van der Waals surface area (Å²) in [5.74, 6) is -1.25. The summed E-state index contributed by atoms with van der Waals surface area (Å²) in [6, 6.07) is 10.2. The van der Waals surface area contributed by atoms with Crippen LogP contribution >= 0.6 is 0 Å². The number of hydrogen-bond donors (Lipinski definition) is 1. The monoisotopic (exact) mass is 453 g/mol. The van der Waals surface area contributed by atoms with Crippen molar-refractivity contribution in [2.45, 2.75) is 57.3 Å². The van der Waals surface area contributed by atoms with Crippen LogP contribution in [0.25, 0.3) is 16.6 Å². The standard InChI is InChI=1S/C27H29F2NO3/c1-16-15-20(9-10-22(16)28)30-25(18-11-13-33-14-12-18)24(21-3-2-4-23(29)26(21)30)17-5-7-19(8-6-17)27(31)32/h2-4,9-10,15,17-19H,5-8,11-14H2,1H3,(H,31,32). The maximum atomic E-state index is 15.4. The lowest BCUT2D eigenvalue weighted by Gasteiger charge is -2.31. The van der Waals surface area contributed by atoms with Gasteiger partial charge in [0.2, 0.25) is 0 Å². The fourth-order valence-corrected chi connectivity index (χ4v) is 5.81. The number of ether oxygens (including phenoxy) is 1. The molecule has 1 aliphatic carbocycles. The first kappa shape index (κ1) is 22.1. The Balaban J connectivity index is 1.74. The van der Waals surface area contributed by atoms with Gasteiger partial charge < -0.3 is 14.4 Å². The van der Waals surface area contributed by atoms with Crippen molar-refractivity contribution in [3.8, 4) is 5.69 Å². The molecule has 4 nitrogen and oxygen atoms in total. The maximum Gasteiger partial charge on any atom is 0.306 e. The molecule has 6 heteroatoms. The molecule has 1 aliphatic heterocycles. The highest BCUT2D eigenvalue weighted by atomic mass is 19.1. The molecule has 5 rings (SSSR count). The van der Waals surface area contributed by atoms with E-state index in [9.17, 15) is 14.3 Å². The van der Waals surface area contributed by atoms with E-state index in [-0.39, 0.29) is 29.4 Å². The summed E-state index contributed by atoms with van der Waals surface area (Å²) in [5, 5.41) is 10.4. The second-order valence-electron chi connectivity index (χ2n) is 9.48. The Hall–Kier alpha value is -2.73. The number of para-hydroxylation sites is 1. The molecule has 1 saturated carbocycles. The summed E-state index contributed by atoms with van der Waals surface area (Å²) in [5.41, 5.74) is 4.04. The molecule has 0 unspecified atom stereocenters. The largest absolute Gasteiger partial charge is 0.481 e. The Labute approximate surface area is 192 Å². The first-order valence-corrected chi connectivity index (χ1v) is 11.9. The van der Waals surface area contributed by atoms with Crippen molar-refractivity contribution in [1.82, 2.24) is 4.57 Å². The number of aromatic nitrogens is 1.